The Morgan fingerprint density at radius 1 is 1.53 bits per heavy atom. The fraction of sp³-hybridized carbons (Fsp3) is 0.231. The van der Waals surface area contributed by atoms with Crippen molar-refractivity contribution in [3.8, 4) is 11.3 Å². The van der Waals surface area contributed by atoms with Gasteiger partial charge in [-0.05, 0) is 24.6 Å². The summed E-state index contributed by atoms with van der Waals surface area (Å²) >= 11 is 5.99. The minimum atomic E-state index is 0.194. The van der Waals surface area contributed by atoms with E-state index < -0.39 is 0 Å². The summed E-state index contributed by atoms with van der Waals surface area (Å²) in [5.41, 5.74) is 8.47. The summed E-state index contributed by atoms with van der Waals surface area (Å²) in [4.78, 5) is 11.2. The van der Waals surface area contributed by atoms with Crippen molar-refractivity contribution in [3.63, 3.8) is 0 Å². The first-order chi connectivity index (χ1) is 9.08. The molecule has 0 spiro atoms. The third-order valence-electron chi connectivity index (χ3n) is 2.83. The highest BCUT2D eigenvalue weighted by Gasteiger charge is 2.16. The van der Waals surface area contributed by atoms with Gasteiger partial charge in [0.05, 0.1) is 5.56 Å². The average Bonchev–Trinajstić information content (AvgIpc) is 2.70. The van der Waals surface area contributed by atoms with Gasteiger partial charge in [0.25, 0.3) is 0 Å². The summed E-state index contributed by atoms with van der Waals surface area (Å²) in [5, 5.41) is 4.97. The van der Waals surface area contributed by atoms with Crippen molar-refractivity contribution in [2.24, 2.45) is 0 Å². The van der Waals surface area contributed by atoms with E-state index in [1.807, 2.05) is 13.0 Å². The number of hydrogen-bond acceptors (Lipinski definition) is 4. The monoisotopic (exact) mass is 279 g/mol. The van der Waals surface area contributed by atoms with Crippen LogP contribution in [-0.4, -0.2) is 23.2 Å². The molecule has 2 N–H and O–H groups in total. The van der Waals surface area contributed by atoms with Crippen LogP contribution in [0.4, 0.5) is 5.82 Å². The highest BCUT2D eigenvalue weighted by Crippen LogP contribution is 2.28. The number of carbonyl (C=O) groups excluding carboxylic acids is 1. The van der Waals surface area contributed by atoms with Gasteiger partial charge in [-0.1, -0.05) is 17.7 Å². The minimum Gasteiger partial charge on any atom is -0.383 e. The maximum Gasteiger partial charge on any atom is 0.156 e. The molecule has 0 aliphatic rings. The van der Waals surface area contributed by atoms with E-state index >= 15 is 0 Å². The molecule has 1 aromatic carbocycles. The number of ether oxygens (including phenoxy) is 1. The molecule has 5 nitrogen and oxygen atoms in total. The van der Waals surface area contributed by atoms with E-state index in [1.165, 1.54) is 11.8 Å². The zero-order valence-electron chi connectivity index (χ0n) is 10.7. The summed E-state index contributed by atoms with van der Waals surface area (Å²) < 4.78 is 6.43. The lowest BCUT2D eigenvalue weighted by atomic mass is 10.1. The standard InChI is InChI=1S/C13H14ClN3O2/c1-8-5-9(3-4-11(8)14)12-10(6-18)13(15)17(16-12)7-19-2/h3-6H,7,15H2,1-2H3. The number of carbonyl (C=O) groups is 1. The molecular formula is C13H14ClN3O2. The molecule has 0 unspecified atom stereocenters. The van der Waals surface area contributed by atoms with E-state index in [4.69, 9.17) is 22.1 Å². The molecule has 0 radical (unpaired) electrons. The zero-order chi connectivity index (χ0) is 14.0. The Morgan fingerprint density at radius 2 is 2.26 bits per heavy atom. The highest BCUT2D eigenvalue weighted by molar-refractivity contribution is 6.31. The van der Waals surface area contributed by atoms with Gasteiger partial charge < -0.3 is 10.5 Å². The third-order valence-corrected chi connectivity index (χ3v) is 3.25. The SMILES string of the molecule is COCn1nc(-c2ccc(Cl)c(C)c2)c(C=O)c1N. The lowest BCUT2D eigenvalue weighted by Gasteiger charge is -2.02. The maximum absolute atomic E-state index is 11.2. The van der Waals surface area contributed by atoms with E-state index in [-0.39, 0.29) is 6.73 Å². The van der Waals surface area contributed by atoms with Crippen LogP contribution in [0, 0.1) is 6.92 Å². The van der Waals surface area contributed by atoms with Gasteiger partial charge in [-0.15, -0.1) is 0 Å². The van der Waals surface area contributed by atoms with E-state index in [2.05, 4.69) is 5.10 Å². The zero-order valence-corrected chi connectivity index (χ0v) is 11.4. The number of rotatable bonds is 4. The van der Waals surface area contributed by atoms with Crippen LogP contribution in [0.15, 0.2) is 18.2 Å². The summed E-state index contributed by atoms with van der Waals surface area (Å²) in [6, 6.07) is 5.45. The van der Waals surface area contributed by atoms with Crippen molar-refractivity contribution in [3.05, 3.63) is 34.3 Å². The molecule has 100 valence electrons. The smallest absolute Gasteiger partial charge is 0.156 e. The van der Waals surface area contributed by atoms with Gasteiger partial charge in [0, 0.05) is 17.7 Å². The highest BCUT2D eigenvalue weighted by atomic mass is 35.5. The second-order valence-corrected chi connectivity index (χ2v) is 4.55. The molecule has 0 atom stereocenters. The predicted octanol–water partition coefficient (Wildman–Crippen LogP) is 2.51. The van der Waals surface area contributed by atoms with Crippen molar-refractivity contribution < 1.29 is 9.53 Å². The van der Waals surface area contributed by atoms with Crippen molar-refractivity contribution in [2.45, 2.75) is 13.7 Å². The Balaban J connectivity index is 2.57. The molecule has 2 aromatic rings. The molecule has 6 heteroatoms. The van der Waals surface area contributed by atoms with Crippen LogP contribution in [0.5, 0.6) is 0 Å². The number of halogens is 1. The van der Waals surface area contributed by atoms with E-state index in [9.17, 15) is 4.79 Å². The molecule has 0 aliphatic heterocycles. The molecule has 1 aromatic heterocycles. The Bertz CT molecular complexity index is 623. The quantitative estimate of drug-likeness (QED) is 0.873. The molecule has 0 bridgehead atoms. The van der Waals surface area contributed by atoms with Gasteiger partial charge in [-0.25, -0.2) is 4.68 Å². The Labute approximate surface area is 115 Å². The van der Waals surface area contributed by atoms with Crippen LogP contribution >= 0.6 is 11.6 Å². The van der Waals surface area contributed by atoms with Crippen LogP contribution in [-0.2, 0) is 11.5 Å². The Hall–Kier alpha value is -1.85. The summed E-state index contributed by atoms with van der Waals surface area (Å²) in [6.07, 6.45) is 0.702. The molecule has 2 rings (SSSR count). The molecule has 0 aliphatic carbocycles. The van der Waals surface area contributed by atoms with Gasteiger partial charge in [0.2, 0.25) is 0 Å². The number of nitrogen functional groups attached to an aromatic ring is 1. The number of aromatic nitrogens is 2. The first kappa shape index (κ1) is 13.6. The maximum atomic E-state index is 11.2. The number of benzene rings is 1. The molecule has 0 saturated heterocycles. The average molecular weight is 280 g/mol. The summed E-state index contributed by atoms with van der Waals surface area (Å²) in [6.45, 7) is 2.08. The molecule has 1 heterocycles. The molecule has 0 fully saturated rings. The number of hydrogen-bond donors (Lipinski definition) is 1. The van der Waals surface area contributed by atoms with E-state index in [0.29, 0.717) is 28.4 Å². The molecule has 19 heavy (non-hydrogen) atoms. The number of aryl methyl sites for hydroxylation is 1. The van der Waals surface area contributed by atoms with Crippen molar-refractivity contribution in [1.82, 2.24) is 9.78 Å². The summed E-state index contributed by atoms with van der Waals surface area (Å²) in [5.74, 6) is 0.291. The first-order valence-electron chi connectivity index (χ1n) is 5.65. The van der Waals surface area contributed by atoms with Crippen molar-refractivity contribution in [2.75, 3.05) is 12.8 Å². The lowest BCUT2D eigenvalue weighted by molar-refractivity contribution is 0.112. The van der Waals surface area contributed by atoms with Crippen LogP contribution in [0.25, 0.3) is 11.3 Å². The van der Waals surface area contributed by atoms with E-state index in [0.717, 1.165) is 11.1 Å². The van der Waals surface area contributed by atoms with Crippen molar-refractivity contribution in [1.29, 1.82) is 0 Å². The fourth-order valence-corrected chi connectivity index (χ4v) is 1.95. The first-order valence-corrected chi connectivity index (χ1v) is 6.03. The van der Waals surface area contributed by atoms with Crippen LogP contribution in [0.1, 0.15) is 15.9 Å². The van der Waals surface area contributed by atoms with Gasteiger partial charge in [0.15, 0.2) is 6.29 Å². The van der Waals surface area contributed by atoms with Gasteiger partial charge in [-0.2, -0.15) is 5.10 Å². The normalized spacial score (nSPS) is 10.7. The predicted molar refractivity (Wildman–Crippen MR) is 74.2 cm³/mol. The van der Waals surface area contributed by atoms with Crippen molar-refractivity contribution >= 4 is 23.7 Å². The van der Waals surface area contributed by atoms with Gasteiger partial charge in [-0.3, -0.25) is 4.79 Å². The fourth-order valence-electron chi connectivity index (χ4n) is 1.83. The third kappa shape index (κ3) is 2.47. The molecular weight excluding hydrogens is 266 g/mol. The number of nitrogens with two attached hydrogens (primary N) is 1. The van der Waals surface area contributed by atoms with Gasteiger partial charge >= 0.3 is 0 Å². The van der Waals surface area contributed by atoms with Crippen LogP contribution < -0.4 is 5.73 Å². The van der Waals surface area contributed by atoms with Gasteiger partial charge in [0.1, 0.15) is 18.2 Å². The number of methoxy groups -OCH3 is 1. The van der Waals surface area contributed by atoms with E-state index in [1.54, 1.807) is 12.1 Å². The number of aldehydes is 1. The number of nitrogens with zero attached hydrogens (tertiary/aromatic N) is 2. The van der Waals surface area contributed by atoms with Crippen LogP contribution in [0.2, 0.25) is 5.02 Å². The topological polar surface area (TPSA) is 70.1 Å². The number of anilines is 1. The largest absolute Gasteiger partial charge is 0.383 e. The Morgan fingerprint density at radius 3 is 2.84 bits per heavy atom. The van der Waals surface area contributed by atoms with Crippen LogP contribution in [0.3, 0.4) is 0 Å². The summed E-state index contributed by atoms with van der Waals surface area (Å²) in [7, 11) is 1.54. The lowest BCUT2D eigenvalue weighted by Crippen LogP contribution is -2.06. The second kappa shape index (κ2) is 5.42. The Kier molecular flexibility index (Phi) is 3.87. The second-order valence-electron chi connectivity index (χ2n) is 4.15. The minimum absolute atomic E-state index is 0.194. The molecule has 0 saturated carbocycles. The molecule has 0 amide bonds.